The minimum atomic E-state index is 0.103. The Labute approximate surface area is 82.1 Å². The van der Waals surface area contributed by atoms with E-state index >= 15 is 0 Å². The van der Waals surface area contributed by atoms with Crippen molar-refractivity contribution in [1.29, 1.82) is 0 Å². The van der Waals surface area contributed by atoms with Gasteiger partial charge in [0.05, 0.1) is 12.2 Å². The van der Waals surface area contributed by atoms with Crippen LogP contribution in [-0.2, 0) is 0 Å². The van der Waals surface area contributed by atoms with Gasteiger partial charge < -0.3 is 15.3 Å². The van der Waals surface area contributed by atoms with E-state index in [-0.39, 0.29) is 6.61 Å². The highest BCUT2D eigenvalue weighted by atomic mass is 16.5. The van der Waals surface area contributed by atoms with E-state index in [2.05, 4.69) is 15.4 Å². The van der Waals surface area contributed by atoms with E-state index in [0.717, 1.165) is 5.56 Å². The number of aliphatic hydroxyl groups excluding tert-OH is 1. The number of anilines is 1. The van der Waals surface area contributed by atoms with Crippen LogP contribution in [0.2, 0.25) is 0 Å². The monoisotopic (exact) mass is 198 g/mol. The van der Waals surface area contributed by atoms with E-state index in [0.29, 0.717) is 24.7 Å². The molecule has 0 unspecified atom stereocenters. The summed E-state index contributed by atoms with van der Waals surface area (Å²) in [5, 5.41) is 8.57. The molecule has 6 heteroatoms. The summed E-state index contributed by atoms with van der Waals surface area (Å²) in [5.41, 5.74) is 3.20. The second kappa shape index (κ2) is 5.36. The molecule has 0 spiro atoms. The Hall–Kier alpha value is -1.40. The smallest absolute Gasteiger partial charge is 0.221 e. The summed E-state index contributed by atoms with van der Waals surface area (Å²) in [6.45, 7) is 2.34. The molecule has 0 saturated carbocycles. The average Bonchev–Trinajstić information content (AvgIpc) is 2.21. The van der Waals surface area contributed by atoms with Gasteiger partial charge in [-0.05, 0) is 6.92 Å². The molecule has 1 heterocycles. The van der Waals surface area contributed by atoms with Crippen LogP contribution < -0.4 is 16.0 Å². The topological polar surface area (TPSA) is 93.3 Å². The summed E-state index contributed by atoms with van der Waals surface area (Å²) in [6, 6.07) is 0. The van der Waals surface area contributed by atoms with Gasteiger partial charge >= 0.3 is 0 Å². The molecule has 1 rings (SSSR count). The molecule has 78 valence electrons. The molecule has 0 bridgehead atoms. The van der Waals surface area contributed by atoms with Crippen LogP contribution >= 0.6 is 0 Å². The zero-order valence-corrected chi connectivity index (χ0v) is 8.03. The molecule has 0 radical (unpaired) electrons. The maximum Gasteiger partial charge on any atom is 0.221 e. The summed E-state index contributed by atoms with van der Waals surface area (Å²) in [5.74, 6) is 6.27. The number of nitrogens with one attached hydrogen (secondary N) is 1. The van der Waals surface area contributed by atoms with Gasteiger partial charge in [0.2, 0.25) is 5.88 Å². The molecule has 0 saturated heterocycles. The van der Waals surface area contributed by atoms with Crippen molar-refractivity contribution >= 4 is 5.82 Å². The molecule has 1 aromatic rings. The van der Waals surface area contributed by atoms with E-state index in [1.165, 1.54) is 6.33 Å². The molecule has 0 aliphatic carbocycles. The van der Waals surface area contributed by atoms with E-state index in [1.807, 2.05) is 6.92 Å². The second-order valence-corrected chi connectivity index (χ2v) is 2.72. The Morgan fingerprint density at radius 3 is 3.00 bits per heavy atom. The largest absolute Gasteiger partial charge is 0.477 e. The van der Waals surface area contributed by atoms with Crippen LogP contribution in [0.1, 0.15) is 12.0 Å². The number of aliphatic hydroxyl groups is 1. The Bertz CT molecular complexity index is 293. The molecular weight excluding hydrogens is 184 g/mol. The lowest BCUT2D eigenvalue weighted by Gasteiger charge is -2.09. The van der Waals surface area contributed by atoms with Crippen molar-refractivity contribution in [3.63, 3.8) is 0 Å². The third-order valence-electron chi connectivity index (χ3n) is 1.72. The van der Waals surface area contributed by atoms with E-state index in [4.69, 9.17) is 15.7 Å². The SMILES string of the molecule is Cc1c(NN)ncnc1OCCCO. The number of nitrogens with zero attached hydrogens (tertiary/aromatic N) is 2. The quantitative estimate of drug-likeness (QED) is 0.345. The van der Waals surface area contributed by atoms with Gasteiger partial charge in [0.25, 0.3) is 0 Å². The molecular formula is C8H14N4O2. The van der Waals surface area contributed by atoms with Gasteiger partial charge in [-0.2, -0.15) is 0 Å². The molecule has 1 aromatic heterocycles. The van der Waals surface area contributed by atoms with Crippen LogP contribution in [0.25, 0.3) is 0 Å². The van der Waals surface area contributed by atoms with Gasteiger partial charge in [-0.25, -0.2) is 15.8 Å². The predicted octanol–water partition coefficient (Wildman–Crippen LogP) is -0.168. The van der Waals surface area contributed by atoms with Crippen molar-refractivity contribution in [3.05, 3.63) is 11.9 Å². The van der Waals surface area contributed by atoms with Crippen molar-refractivity contribution in [2.45, 2.75) is 13.3 Å². The Kier molecular flexibility index (Phi) is 4.09. The van der Waals surface area contributed by atoms with E-state index in [1.54, 1.807) is 0 Å². The number of nitrogen functional groups attached to an aromatic ring is 1. The molecule has 0 aromatic carbocycles. The van der Waals surface area contributed by atoms with Crippen LogP contribution in [-0.4, -0.2) is 28.3 Å². The molecule has 0 aliphatic heterocycles. The number of ether oxygens (including phenoxy) is 1. The molecule has 4 N–H and O–H groups in total. The van der Waals surface area contributed by atoms with Gasteiger partial charge in [0, 0.05) is 13.0 Å². The molecule has 0 aliphatic rings. The van der Waals surface area contributed by atoms with Gasteiger partial charge in [0.15, 0.2) is 0 Å². The number of nitrogens with two attached hydrogens (primary N) is 1. The van der Waals surface area contributed by atoms with Crippen LogP contribution in [0, 0.1) is 6.92 Å². The summed E-state index contributed by atoms with van der Waals surface area (Å²) < 4.78 is 5.31. The molecule has 14 heavy (non-hydrogen) atoms. The minimum absolute atomic E-state index is 0.103. The van der Waals surface area contributed by atoms with Gasteiger partial charge in [-0.15, -0.1) is 0 Å². The van der Waals surface area contributed by atoms with E-state index < -0.39 is 0 Å². The normalized spacial score (nSPS) is 9.93. The van der Waals surface area contributed by atoms with Gasteiger partial charge in [0.1, 0.15) is 12.1 Å². The minimum Gasteiger partial charge on any atom is -0.477 e. The summed E-state index contributed by atoms with van der Waals surface area (Å²) in [7, 11) is 0. The maximum absolute atomic E-state index is 8.57. The lowest BCUT2D eigenvalue weighted by atomic mass is 10.3. The Morgan fingerprint density at radius 2 is 2.36 bits per heavy atom. The van der Waals surface area contributed by atoms with Crippen LogP contribution in [0.5, 0.6) is 5.88 Å². The first kappa shape index (κ1) is 10.7. The maximum atomic E-state index is 8.57. The molecule has 6 nitrogen and oxygen atoms in total. The number of hydrazine groups is 1. The first-order chi connectivity index (χ1) is 6.79. The fourth-order valence-electron chi connectivity index (χ4n) is 0.958. The Morgan fingerprint density at radius 1 is 1.57 bits per heavy atom. The van der Waals surface area contributed by atoms with E-state index in [9.17, 15) is 0 Å². The molecule has 0 amide bonds. The summed E-state index contributed by atoms with van der Waals surface area (Å²) in [6.07, 6.45) is 1.95. The highest BCUT2D eigenvalue weighted by Gasteiger charge is 2.06. The molecule has 0 fully saturated rings. The third kappa shape index (κ3) is 2.54. The van der Waals surface area contributed by atoms with Crippen LogP contribution in [0.15, 0.2) is 6.33 Å². The third-order valence-corrected chi connectivity index (χ3v) is 1.72. The zero-order chi connectivity index (χ0) is 10.4. The van der Waals surface area contributed by atoms with Crippen LogP contribution in [0.3, 0.4) is 0 Å². The predicted molar refractivity (Wildman–Crippen MR) is 51.8 cm³/mol. The van der Waals surface area contributed by atoms with Crippen LogP contribution in [0.4, 0.5) is 5.82 Å². The number of hydrogen-bond acceptors (Lipinski definition) is 6. The van der Waals surface area contributed by atoms with Gasteiger partial charge in [-0.3, -0.25) is 0 Å². The van der Waals surface area contributed by atoms with Crippen molar-refractivity contribution in [2.24, 2.45) is 5.84 Å². The Balaban J connectivity index is 2.66. The molecule has 0 atom stereocenters. The standard InChI is InChI=1S/C8H14N4O2/c1-6-7(12-9)10-5-11-8(6)14-4-2-3-13/h5,13H,2-4,9H2,1H3,(H,10,11,12). The van der Waals surface area contributed by atoms with Crippen molar-refractivity contribution < 1.29 is 9.84 Å². The number of rotatable bonds is 5. The number of hydrogen-bond donors (Lipinski definition) is 3. The summed E-state index contributed by atoms with van der Waals surface area (Å²) >= 11 is 0. The first-order valence-electron chi connectivity index (χ1n) is 4.31. The second-order valence-electron chi connectivity index (χ2n) is 2.72. The van der Waals surface area contributed by atoms with Crippen molar-refractivity contribution in [3.8, 4) is 5.88 Å². The fraction of sp³-hybridized carbons (Fsp3) is 0.500. The average molecular weight is 198 g/mol. The summed E-state index contributed by atoms with van der Waals surface area (Å²) in [4.78, 5) is 7.86. The van der Waals surface area contributed by atoms with Crippen molar-refractivity contribution in [2.75, 3.05) is 18.6 Å². The lowest BCUT2D eigenvalue weighted by Crippen LogP contribution is -2.12. The highest BCUT2D eigenvalue weighted by molar-refractivity contribution is 5.46. The number of aromatic nitrogens is 2. The van der Waals surface area contributed by atoms with Crippen molar-refractivity contribution in [1.82, 2.24) is 9.97 Å². The fourth-order valence-corrected chi connectivity index (χ4v) is 0.958. The lowest BCUT2D eigenvalue weighted by molar-refractivity contribution is 0.228. The highest BCUT2D eigenvalue weighted by Crippen LogP contribution is 2.19. The first-order valence-corrected chi connectivity index (χ1v) is 4.31. The van der Waals surface area contributed by atoms with Gasteiger partial charge in [-0.1, -0.05) is 0 Å². The zero-order valence-electron chi connectivity index (χ0n) is 8.03.